The lowest BCUT2D eigenvalue weighted by Crippen LogP contribution is -2.31. The molecule has 0 aliphatic carbocycles. The van der Waals surface area contributed by atoms with Gasteiger partial charge in [0.1, 0.15) is 0 Å². The summed E-state index contributed by atoms with van der Waals surface area (Å²) in [6.45, 7) is 5.01. The van der Waals surface area contributed by atoms with Gasteiger partial charge >= 0.3 is 0 Å². The van der Waals surface area contributed by atoms with Gasteiger partial charge in [0.05, 0.1) is 7.11 Å². The highest BCUT2D eigenvalue weighted by atomic mass is 16.5. The number of methoxy groups -OCH3 is 1. The second-order valence-corrected chi connectivity index (χ2v) is 4.27. The van der Waals surface area contributed by atoms with E-state index < -0.39 is 0 Å². The van der Waals surface area contributed by atoms with Gasteiger partial charge < -0.3 is 15.5 Å². The van der Waals surface area contributed by atoms with Gasteiger partial charge in [0.2, 0.25) is 5.43 Å². The van der Waals surface area contributed by atoms with Gasteiger partial charge in [-0.25, -0.2) is 0 Å². The first-order valence-electron chi connectivity index (χ1n) is 5.96. The van der Waals surface area contributed by atoms with E-state index in [0.29, 0.717) is 13.1 Å². The molecule has 1 aliphatic heterocycles. The fourth-order valence-electron chi connectivity index (χ4n) is 2.12. The summed E-state index contributed by atoms with van der Waals surface area (Å²) in [5.74, 6) is -0.0435. The highest BCUT2D eigenvalue weighted by Crippen LogP contribution is 2.24. The molecular formula is C12H17N3O3. The molecule has 0 saturated heterocycles. The largest absolute Gasteiger partial charge is 0.491 e. The van der Waals surface area contributed by atoms with Crippen LogP contribution in [0.2, 0.25) is 0 Å². The molecule has 6 heteroatoms. The molecule has 1 aromatic heterocycles. The maximum atomic E-state index is 12.1. The van der Waals surface area contributed by atoms with E-state index in [9.17, 15) is 9.59 Å². The Morgan fingerprint density at radius 3 is 3.00 bits per heavy atom. The number of nitrogens with zero attached hydrogens (tertiary/aromatic N) is 1. The zero-order valence-electron chi connectivity index (χ0n) is 10.7. The minimum atomic E-state index is -0.310. The van der Waals surface area contributed by atoms with Crippen LogP contribution in [-0.4, -0.2) is 30.8 Å². The number of rotatable bonds is 3. The van der Waals surface area contributed by atoms with Crippen molar-refractivity contribution in [3.63, 3.8) is 0 Å². The van der Waals surface area contributed by atoms with Gasteiger partial charge in [0.15, 0.2) is 11.4 Å². The summed E-state index contributed by atoms with van der Waals surface area (Å²) in [5.41, 5.74) is 3.88. The standard InChI is InChI=1S/C12H17N3O3/c1-4-13-12(17)10-11(18-3)9(16)5-8-7(2)6-14-15(8)10/h5,7,14H,4,6H2,1-3H3,(H,13,17). The quantitative estimate of drug-likeness (QED) is 0.808. The summed E-state index contributed by atoms with van der Waals surface area (Å²) in [7, 11) is 1.39. The third-order valence-electron chi connectivity index (χ3n) is 3.02. The van der Waals surface area contributed by atoms with Crippen molar-refractivity contribution in [3.05, 3.63) is 27.7 Å². The van der Waals surface area contributed by atoms with E-state index >= 15 is 0 Å². The maximum Gasteiger partial charge on any atom is 0.273 e. The zero-order valence-corrected chi connectivity index (χ0v) is 10.7. The molecule has 6 nitrogen and oxygen atoms in total. The lowest BCUT2D eigenvalue weighted by Gasteiger charge is -2.15. The molecule has 0 saturated carbocycles. The Bertz CT molecular complexity index is 536. The smallest absolute Gasteiger partial charge is 0.273 e. The van der Waals surface area contributed by atoms with E-state index in [2.05, 4.69) is 10.7 Å². The Morgan fingerprint density at radius 2 is 2.39 bits per heavy atom. The summed E-state index contributed by atoms with van der Waals surface area (Å²) in [6.07, 6.45) is 0. The topological polar surface area (TPSA) is 72.4 Å². The van der Waals surface area contributed by atoms with Crippen LogP contribution in [0.4, 0.5) is 0 Å². The summed E-state index contributed by atoms with van der Waals surface area (Å²) in [6, 6.07) is 1.52. The number of carbonyl (C=O) groups excluding carboxylic acids is 1. The van der Waals surface area contributed by atoms with Crippen molar-refractivity contribution in [2.24, 2.45) is 0 Å². The first-order valence-corrected chi connectivity index (χ1v) is 5.96. The molecule has 0 aromatic carbocycles. The number of nitrogens with one attached hydrogen (secondary N) is 2. The molecule has 2 rings (SSSR count). The van der Waals surface area contributed by atoms with Gasteiger partial charge in [-0.05, 0) is 6.92 Å². The van der Waals surface area contributed by atoms with E-state index in [-0.39, 0.29) is 28.7 Å². The molecule has 1 unspecified atom stereocenters. The predicted octanol–water partition coefficient (Wildman–Crippen LogP) is 0.267. The van der Waals surface area contributed by atoms with Crippen LogP contribution in [0.5, 0.6) is 5.75 Å². The second-order valence-electron chi connectivity index (χ2n) is 4.27. The van der Waals surface area contributed by atoms with E-state index in [4.69, 9.17) is 4.74 Å². The minimum Gasteiger partial charge on any atom is -0.491 e. The molecule has 0 radical (unpaired) electrons. The molecule has 0 bridgehead atoms. The molecule has 18 heavy (non-hydrogen) atoms. The van der Waals surface area contributed by atoms with E-state index in [1.807, 2.05) is 13.8 Å². The number of fused-ring (bicyclic) bond motifs is 1. The first-order chi connectivity index (χ1) is 8.60. The van der Waals surface area contributed by atoms with Gasteiger partial charge in [0, 0.05) is 30.8 Å². The van der Waals surface area contributed by atoms with Crippen molar-refractivity contribution in [3.8, 4) is 5.75 Å². The highest BCUT2D eigenvalue weighted by molar-refractivity contribution is 5.95. The van der Waals surface area contributed by atoms with Crippen LogP contribution in [-0.2, 0) is 0 Å². The van der Waals surface area contributed by atoms with Crippen molar-refractivity contribution in [2.45, 2.75) is 19.8 Å². The number of amides is 1. The highest BCUT2D eigenvalue weighted by Gasteiger charge is 2.27. The van der Waals surface area contributed by atoms with E-state index in [0.717, 1.165) is 5.69 Å². The van der Waals surface area contributed by atoms with Crippen molar-refractivity contribution < 1.29 is 9.53 Å². The second kappa shape index (κ2) is 4.72. The molecule has 2 N–H and O–H groups in total. The van der Waals surface area contributed by atoms with Gasteiger partial charge in [-0.2, -0.15) is 0 Å². The SMILES string of the molecule is CCNC(=O)c1c(OC)c(=O)cc2n1NCC2C. The third kappa shape index (κ3) is 1.83. The molecule has 98 valence electrons. The molecule has 1 atom stereocenters. The van der Waals surface area contributed by atoms with Crippen molar-refractivity contribution in [1.82, 2.24) is 9.99 Å². The summed E-state index contributed by atoms with van der Waals surface area (Å²) < 4.78 is 6.72. The Balaban J connectivity index is 2.65. The van der Waals surface area contributed by atoms with E-state index in [1.54, 1.807) is 4.68 Å². The van der Waals surface area contributed by atoms with Crippen LogP contribution >= 0.6 is 0 Å². The van der Waals surface area contributed by atoms with Crippen LogP contribution in [0, 0.1) is 0 Å². The maximum absolute atomic E-state index is 12.1. The lowest BCUT2D eigenvalue weighted by atomic mass is 10.1. The predicted molar refractivity (Wildman–Crippen MR) is 67.9 cm³/mol. The average molecular weight is 251 g/mol. The van der Waals surface area contributed by atoms with Gasteiger partial charge in [-0.1, -0.05) is 6.92 Å². The van der Waals surface area contributed by atoms with Gasteiger partial charge in [-0.3, -0.25) is 14.3 Å². The molecule has 1 aromatic rings. The lowest BCUT2D eigenvalue weighted by molar-refractivity contribution is 0.0943. The summed E-state index contributed by atoms with van der Waals surface area (Å²) >= 11 is 0. The third-order valence-corrected chi connectivity index (χ3v) is 3.02. The summed E-state index contributed by atoms with van der Waals surface area (Å²) in [4.78, 5) is 24.0. The number of aromatic nitrogens is 1. The van der Waals surface area contributed by atoms with Gasteiger partial charge in [0.25, 0.3) is 5.91 Å². The number of ether oxygens (including phenoxy) is 1. The normalized spacial score (nSPS) is 16.9. The molecular weight excluding hydrogens is 234 g/mol. The minimum absolute atomic E-state index is 0.0753. The Labute approximate surface area is 105 Å². The molecule has 1 amide bonds. The molecule has 1 aliphatic rings. The number of hydrogen-bond acceptors (Lipinski definition) is 4. The van der Waals surface area contributed by atoms with Crippen LogP contribution in [0.15, 0.2) is 10.9 Å². The number of hydrogen-bond donors (Lipinski definition) is 2. The first kappa shape index (κ1) is 12.5. The van der Waals surface area contributed by atoms with Crippen molar-refractivity contribution in [1.29, 1.82) is 0 Å². The molecule has 0 spiro atoms. The monoisotopic (exact) mass is 251 g/mol. The number of carbonyl (C=O) groups is 1. The number of pyridine rings is 1. The van der Waals surface area contributed by atoms with Crippen LogP contribution in [0.3, 0.4) is 0 Å². The zero-order chi connectivity index (χ0) is 13.3. The van der Waals surface area contributed by atoms with Crippen molar-refractivity contribution in [2.75, 3.05) is 25.6 Å². The fraction of sp³-hybridized carbons (Fsp3) is 0.500. The Kier molecular flexibility index (Phi) is 3.27. The van der Waals surface area contributed by atoms with Crippen LogP contribution in [0.25, 0.3) is 0 Å². The van der Waals surface area contributed by atoms with Crippen LogP contribution in [0.1, 0.15) is 35.9 Å². The molecule has 2 heterocycles. The summed E-state index contributed by atoms with van der Waals surface area (Å²) in [5, 5.41) is 2.69. The van der Waals surface area contributed by atoms with Crippen LogP contribution < -0.4 is 20.9 Å². The fourth-order valence-corrected chi connectivity index (χ4v) is 2.12. The van der Waals surface area contributed by atoms with Crippen molar-refractivity contribution >= 4 is 5.91 Å². The van der Waals surface area contributed by atoms with E-state index in [1.165, 1.54) is 13.2 Å². The average Bonchev–Trinajstić information content (AvgIpc) is 2.69. The Morgan fingerprint density at radius 1 is 1.67 bits per heavy atom. The Hall–Kier alpha value is -1.98. The molecule has 0 fully saturated rings. The van der Waals surface area contributed by atoms with Gasteiger partial charge in [-0.15, -0.1) is 0 Å².